The first-order chi connectivity index (χ1) is 9.23. The van der Waals surface area contributed by atoms with Gasteiger partial charge in [-0.3, -0.25) is 4.79 Å². The standard InChI is InChI=1S/C13H21N3O3S/c1-13(2,12(17)14-3)9-16-10-5-7-11(8-6-10)20(18,19)15-4/h5-8,15-16H,9H2,1-4H3,(H,14,17). The minimum Gasteiger partial charge on any atom is -0.384 e. The maximum absolute atomic E-state index is 11.6. The van der Waals surface area contributed by atoms with Crippen molar-refractivity contribution in [3.63, 3.8) is 0 Å². The molecule has 0 heterocycles. The molecule has 0 aromatic heterocycles. The molecule has 0 bridgehead atoms. The highest BCUT2D eigenvalue weighted by atomic mass is 32.2. The summed E-state index contributed by atoms with van der Waals surface area (Å²) < 4.78 is 25.4. The first-order valence-electron chi connectivity index (χ1n) is 6.22. The molecule has 0 fully saturated rings. The summed E-state index contributed by atoms with van der Waals surface area (Å²) in [5, 5.41) is 5.73. The molecule has 112 valence electrons. The number of amides is 1. The molecule has 0 aliphatic carbocycles. The summed E-state index contributed by atoms with van der Waals surface area (Å²) in [4.78, 5) is 11.8. The maximum Gasteiger partial charge on any atom is 0.240 e. The van der Waals surface area contributed by atoms with E-state index in [0.717, 1.165) is 5.69 Å². The van der Waals surface area contributed by atoms with Gasteiger partial charge in [0.1, 0.15) is 0 Å². The van der Waals surface area contributed by atoms with Crippen LogP contribution in [0, 0.1) is 5.41 Å². The van der Waals surface area contributed by atoms with Crippen LogP contribution in [0.3, 0.4) is 0 Å². The number of carbonyl (C=O) groups excluding carboxylic acids is 1. The summed E-state index contributed by atoms with van der Waals surface area (Å²) in [6.45, 7) is 4.11. The summed E-state index contributed by atoms with van der Waals surface area (Å²) >= 11 is 0. The normalized spacial score (nSPS) is 12.0. The SMILES string of the molecule is CNC(=O)C(C)(C)CNc1ccc(S(=O)(=O)NC)cc1. The monoisotopic (exact) mass is 299 g/mol. The maximum atomic E-state index is 11.6. The van der Waals surface area contributed by atoms with Crippen LogP contribution in [0.25, 0.3) is 0 Å². The van der Waals surface area contributed by atoms with Gasteiger partial charge in [0.25, 0.3) is 0 Å². The van der Waals surface area contributed by atoms with Crippen molar-refractivity contribution in [3.8, 4) is 0 Å². The molecule has 1 aromatic carbocycles. The van der Waals surface area contributed by atoms with Gasteiger partial charge < -0.3 is 10.6 Å². The van der Waals surface area contributed by atoms with Crippen molar-refractivity contribution in [2.24, 2.45) is 5.41 Å². The number of nitrogens with one attached hydrogen (secondary N) is 3. The Hall–Kier alpha value is -1.60. The number of rotatable bonds is 6. The molecule has 6 nitrogen and oxygen atoms in total. The third kappa shape index (κ3) is 3.94. The molecule has 3 N–H and O–H groups in total. The molecule has 0 saturated carbocycles. The van der Waals surface area contributed by atoms with Crippen LogP contribution < -0.4 is 15.4 Å². The van der Waals surface area contributed by atoms with Gasteiger partial charge in [-0.2, -0.15) is 0 Å². The van der Waals surface area contributed by atoms with Crippen LogP contribution in [0.2, 0.25) is 0 Å². The molecule has 0 unspecified atom stereocenters. The van der Waals surface area contributed by atoms with Crippen molar-refractivity contribution in [1.82, 2.24) is 10.0 Å². The van der Waals surface area contributed by atoms with E-state index in [1.165, 1.54) is 19.2 Å². The average Bonchev–Trinajstić information content (AvgIpc) is 2.44. The highest BCUT2D eigenvalue weighted by molar-refractivity contribution is 7.89. The predicted molar refractivity (Wildman–Crippen MR) is 79.0 cm³/mol. The van der Waals surface area contributed by atoms with E-state index in [1.54, 1.807) is 19.2 Å². The lowest BCUT2D eigenvalue weighted by molar-refractivity contribution is -0.128. The Bertz CT molecular complexity index is 565. The van der Waals surface area contributed by atoms with Crippen LogP contribution in [-0.4, -0.2) is 35.0 Å². The second-order valence-electron chi connectivity index (χ2n) is 5.05. The second-order valence-corrected chi connectivity index (χ2v) is 6.94. The van der Waals surface area contributed by atoms with Gasteiger partial charge in [0, 0.05) is 19.3 Å². The Morgan fingerprint density at radius 2 is 1.70 bits per heavy atom. The summed E-state index contributed by atoms with van der Waals surface area (Å²) in [5.74, 6) is -0.0561. The van der Waals surface area contributed by atoms with Gasteiger partial charge in [0.2, 0.25) is 15.9 Å². The number of anilines is 1. The molecular weight excluding hydrogens is 278 g/mol. The van der Waals surface area contributed by atoms with E-state index < -0.39 is 15.4 Å². The summed E-state index contributed by atoms with van der Waals surface area (Å²) in [6, 6.07) is 6.37. The van der Waals surface area contributed by atoms with Gasteiger partial charge in [-0.15, -0.1) is 0 Å². The molecule has 0 atom stereocenters. The Morgan fingerprint density at radius 3 is 2.15 bits per heavy atom. The number of hydrogen-bond acceptors (Lipinski definition) is 4. The first kappa shape index (κ1) is 16.5. The van der Waals surface area contributed by atoms with Crippen LogP contribution in [0.1, 0.15) is 13.8 Å². The number of sulfonamides is 1. The van der Waals surface area contributed by atoms with Crippen molar-refractivity contribution < 1.29 is 13.2 Å². The molecule has 1 amide bonds. The van der Waals surface area contributed by atoms with Crippen LogP contribution >= 0.6 is 0 Å². The zero-order chi connectivity index (χ0) is 15.4. The smallest absolute Gasteiger partial charge is 0.240 e. The third-order valence-corrected chi connectivity index (χ3v) is 4.44. The van der Waals surface area contributed by atoms with Crippen molar-refractivity contribution in [2.75, 3.05) is 26.0 Å². The Balaban J connectivity index is 2.75. The number of benzene rings is 1. The fraction of sp³-hybridized carbons (Fsp3) is 0.462. The molecule has 0 radical (unpaired) electrons. The van der Waals surface area contributed by atoms with Gasteiger partial charge in [-0.25, -0.2) is 13.1 Å². The second kappa shape index (κ2) is 6.23. The Kier molecular flexibility index (Phi) is 5.13. The molecule has 7 heteroatoms. The van der Waals surface area contributed by atoms with Gasteiger partial charge in [-0.1, -0.05) is 0 Å². The molecular formula is C13H21N3O3S. The summed E-state index contributed by atoms with van der Waals surface area (Å²) in [5.41, 5.74) is 0.210. The van der Waals surface area contributed by atoms with Gasteiger partial charge >= 0.3 is 0 Å². The van der Waals surface area contributed by atoms with Gasteiger partial charge in [0.15, 0.2) is 0 Å². The zero-order valence-electron chi connectivity index (χ0n) is 12.1. The highest BCUT2D eigenvalue weighted by Crippen LogP contribution is 2.18. The molecule has 0 spiro atoms. The lowest BCUT2D eigenvalue weighted by atomic mass is 9.92. The topological polar surface area (TPSA) is 87.3 Å². The van der Waals surface area contributed by atoms with E-state index >= 15 is 0 Å². The van der Waals surface area contributed by atoms with Crippen LogP contribution in [0.15, 0.2) is 29.2 Å². The minimum absolute atomic E-state index is 0.0561. The van der Waals surface area contributed by atoms with E-state index in [2.05, 4.69) is 15.4 Å². The fourth-order valence-corrected chi connectivity index (χ4v) is 2.34. The molecule has 1 aromatic rings. The van der Waals surface area contributed by atoms with Gasteiger partial charge in [-0.05, 0) is 45.2 Å². The number of hydrogen-bond donors (Lipinski definition) is 3. The summed E-state index contributed by atoms with van der Waals surface area (Å²) in [7, 11) is -0.450. The third-order valence-electron chi connectivity index (χ3n) is 3.01. The van der Waals surface area contributed by atoms with E-state index in [0.29, 0.717) is 6.54 Å². The lowest BCUT2D eigenvalue weighted by Crippen LogP contribution is -2.39. The van der Waals surface area contributed by atoms with Crippen molar-refractivity contribution >= 4 is 21.6 Å². The van der Waals surface area contributed by atoms with E-state index in [-0.39, 0.29) is 10.8 Å². The number of carbonyl (C=O) groups is 1. The first-order valence-corrected chi connectivity index (χ1v) is 7.71. The quantitative estimate of drug-likeness (QED) is 0.724. The average molecular weight is 299 g/mol. The van der Waals surface area contributed by atoms with Crippen LogP contribution in [0.5, 0.6) is 0 Å². The highest BCUT2D eigenvalue weighted by Gasteiger charge is 2.26. The zero-order valence-corrected chi connectivity index (χ0v) is 13.0. The summed E-state index contributed by atoms with van der Waals surface area (Å²) in [6.07, 6.45) is 0. The minimum atomic E-state index is -3.42. The van der Waals surface area contributed by atoms with E-state index in [1.807, 2.05) is 13.8 Å². The molecule has 0 aliphatic heterocycles. The van der Waals surface area contributed by atoms with Crippen molar-refractivity contribution in [1.29, 1.82) is 0 Å². The van der Waals surface area contributed by atoms with Crippen LogP contribution in [0.4, 0.5) is 5.69 Å². The molecule has 0 aliphatic rings. The lowest BCUT2D eigenvalue weighted by Gasteiger charge is -2.23. The van der Waals surface area contributed by atoms with Gasteiger partial charge in [0.05, 0.1) is 10.3 Å². The van der Waals surface area contributed by atoms with Crippen LogP contribution in [-0.2, 0) is 14.8 Å². The molecule has 0 saturated heterocycles. The fourth-order valence-electron chi connectivity index (χ4n) is 1.61. The molecule has 20 heavy (non-hydrogen) atoms. The van der Waals surface area contributed by atoms with E-state index in [9.17, 15) is 13.2 Å². The Labute approximate surface area is 120 Å². The van der Waals surface area contributed by atoms with Crippen molar-refractivity contribution in [2.45, 2.75) is 18.7 Å². The van der Waals surface area contributed by atoms with Crippen molar-refractivity contribution in [3.05, 3.63) is 24.3 Å². The molecule has 1 rings (SSSR count). The largest absolute Gasteiger partial charge is 0.384 e. The Morgan fingerprint density at radius 1 is 1.15 bits per heavy atom. The van der Waals surface area contributed by atoms with E-state index in [4.69, 9.17) is 0 Å². The predicted octanol–water partition coefficient (Wildman–Crippen LogP) is 0.779.